The number of pyridine rings is 1. The van der Waals surface area contributed by atoms with Crippen molar-refractivity contribution in [1.29, 1.82) is 0 Å². The molecule has 1 amide bonds. The highest BCUT2D eigenvalue weighted by molar-refractivity contribution is 5.91. The Morgan fingerprint density at radius 3 is 2.62 bits per heavy atom. The third kappa shape index (κ3) is 7.11. The van der Waals surface area contributed by atoms with Crippen molar-refractivity contribution in [3.63, 3.8) is 0 Å². The minimum Gasteiger partial charge on any atom is -0.455 e. The molecule has 9 nitrogen and oxygen atoms in total. The Kier molecular flexibility index (Phi) is 8.50. The summed E-state index contributed by atoms with van der Waals surface area (Å²) in [6.07, 6.45) is 3.26. The second-order valence-electron chi connectivity index (χ2n) is 9.95. The molecule has 9 heteroatoms. The summed E-state index contributed by atoms with van der Waals surface area (Å²) in [6.45, 7) is 8.44. The first-order valence-electron chi connectivity index (χ1n) is 13.3. The van der Waals surface area contributed by atoms with E-state index in [2.05, 4.69) is 54.3 Å². The van der Waals surface area contributed by atoms with Crippen LogP contribution in [0.3, 0.4) is 0 Å². The molecule has 2 aromatic carbocycles. The molecule has 4 aromatic rings. The summed E-state index contributed by atoms with van der Waals surface area (Å²) in [6, 6.07) is 15.5. The van der Waals surface area contributed by atoms with Crippen LogP contribution in [0.25, 0.3) is 10.9 Å². The number of aryl methyl sites for hydroxylation is 2. The number of fused-ring (bicyclic) bond motifs is 1. The van der Waals surface area contributed by atoms with Crippen molar-refractivity contribution in [3.05, 3.63) is 77.9 Å². The molecule has 1 saturated heterocycles. The Hall–Kier alpha value is -4.52. The summed E-state index contributed by atoms with van der Waals surface area (Å²) in [5.41, 5.74) is 4.44. The smallest absolute Gasteiger partial charge is 0.234 e. The van der Waals surface area contributed by atoms with Crippen LogP contribution in [0.15, 0.2) is 61.1 Å². The van der Waals surface area contributed by atoms with Gasteiger partial charge in [0.05, 0.1) is 24.8 Å². The standard InChI is InChI=1S/C31H33N7O2/c1-22-17-25(8-11-29(22)40-26-9-6-23(2)33-19-26)36-31-27-18-24(7-10-28(27)34-21-35-31)5-4-12-32-30(39)20-38-15-13-37(3)14-16-38/h6-11,17-19,21H,12-16,20H2,1-3H3,(H,32,39)(H,34,35,36). The van der Waals surface area contributed by atoms with E-state index in [1.807, 2.05) is 62.4 Å². The van der Waals surface area contributed by atoms with Crippen LogP contribution in [-0.4, -0.2) is 77.0 Å². The van der Waals surface area contributed by atoms with E-state index in [4.69, 9.17) is 4.74 Å². The van der Waals surface area contributed by atoms with Crippen molar-refractivity contribution in [2.45, 2.75) is 13.8 Å². The number of carbonyl (C=O) groups excluding carboxylic acids is 1. The fourth-order valence-corrected chi connectivity index (χ4v) is 4.41. The molecule has 0 spiro atoms. The number of rotatable bonds is 7. The Labute approximate surface area is 234 Å². The van der Waals surface area contributed by atoms with E-state index in [1.54, 1.807) is 12.5 Å². The SMILES string of the molecule is Cc1ccc(Oc2ccc(Nc3ncnc4ccc(C#CCNC(=O)CN5CCN(C)CC5)cc34)cc2C)cn1. The van der Waals surface area contributed by atoms with Crippen LogP contribution < -0.4 is 15.4 Å². The third-order valence-corrected chi connectivity index (χ3v) is 6.75. The predicted octanol–water partition coefficient (Wildman–Crippen LogP) is 3.89. The fourth-order valence-electron chi connectivity index (χ4n) is 4.41. The Morgan fingerprint density at radius 1 is 1.00 bits per heavy atom. The van der Waals surface area contributed by atoms with Crippen LogP contribution in [0.4, 0.5) is 11.5 Å². The molecule has 0 unspecified atom stereocenters. The maximum Gasteiger partial charge on any atom is 0.234 e. The molecule has 204 valence electrons. The van der Waals surface area contributed by atoms with E-state index in [-0.39, 0.29) is 5.91 Å². The number of hydrogen-bond acceptors (Lipinski definition) is 8. The van der Waals surface area contributed by atoms with E-state index < -0.39 is 0 Å². The zero-order valence-corrected chi connectivity index (χ0v) is 23.1. The van der Waals surface area contributed by atoms with Gasteiger partial charge >= 0.3 is 0 Å². The summed E-state index contributed by atoms with van der Waals surface area (Å²) in [5, 5.41) is 7.17. The molecular weight excluding hydrogens is 502 g/mol. The molecule has 0 radical (unpaired) electrons. The van der Waals surface area contributed by atoms with Gasteiger partial charge in [-0.15, -0.1) is 0 Å². The fraction of sp³-hybridized carbons (Fsp3) is 0.290. The number of nitrogens with zero attached hydrogens (tertiary/aromatic N) is 5. The van der Waals surface area contributed by atoms with Crippen molar-refractivity contribution < 1.29 is 9.53 Å². The lowest BCUT2D eigenvalue weighted by Gasteiger charge is -2.31. The van der Waals surface area contributed by atoms with Gasteiger partial charge in [-0.1, -0.05) is 11.8 Å². The van der Waals surface area contributed by atoms with E-state index in [0.29, 0.717) is 24.7 Å². The molecule has 2 N–H and O–H groups in total. The quantitative estimate of drug-likeness (QED) is 0.344. The number of anilines is 2. The molecule has 0 atom stereocenters. The largest absolute Gasteiger partial charge is 0.455 e. The van der Waals surface area contributed by atoms with Crippen molar-refractivity contribution in [3.8, 4) is 23.3 Å². The number of piperazine rings is 1. The average Bonchev–Trinajstić information content (AvgIpc) is 2.95. The van der Waals surface area contributed by atoms with Gasteiger partial charge in [0.15, 0.2) is 0 Å². The van der Waals surface area contributed by atoms with Crippen LogP contribution in [0.1, 0.15) is 16.8 Å². The minimum atomic E-state index is -0.000467. The van der Waals surface area contributed by atoms with Crippen LogP contribution in [0.5, 0.6) is 11.5 Å². The van der Waals surface area contributed by atoms with Gasteiger partial charge in [0.2, 0.25) is 5.91 Å². The lowest BCUT2D eigenvalue weighted by atomic mass is 10.1. The minimum absolute atomic E-state index is 0.000467. The average molecular weight is 536 g/mol. The van der Waals surface area contributed by atoms with Gasteiger partial charge in [-0.3, -0.25) is 14.7 Å². The highest BCUT2D eigenvalue weighted by Crippen LogP contribution is 2.29. The number of likely N-dealkylation sites (N-methyl/N-ethyl adjacent to an activating group) is 1. The number of aromatic nitrogens is 3. The Bertz CT molecular complexity index is 1550. The lowest BCUT2D eigenvalue weighted by Crippen LogP contribution is -2.48. The second-order valence-corrected chi connectivity index (χ2v) is 9.95. The molecule has 2 aromatic heterocycles. The molecule has 0 aliphatic carbocycles. The van der Waals surface area contributed by atoms with E-state index in [1.165, 1.54) is 0 Å². The van der Waals surface area contributed by atoms with Gasteiger partial charge < -0.3 is 20.3 Å². The first-order chi connectivity index (χ1) is 19.4. The highest BCUT2D eigenvalue weighted by atomic mass is 16.5. The summed E-state index contributed by atoms with van der Waals surface area (Å²) in [7, 11) is 2.10. The maximum atomic E-state index is 12.3. The monoisotopic (exact) mass is 535 g/mol. The number of benzene rings is 2. The zero-order chi connectivity index (χ0) is 27.9. The normalized spacial score (nSPS) is 13.9. The predicted molar refractivity (Wildman–Crippen MR) is 157 cm³/mol. The van der Waals surface area contributed by atoms with Crippen molar-refractivity contribution >= 4 is 28.3 Å². The highest BCUT2D eigenvalue weighted by Gasteiger charge is 2.16. The summed E-state index contributed by atoms with van der Waals surface area (Å²) in [5.74, 6) is 8.34. The van der Waals surface area contributed by atoms with Gasteiger partial charge in [0, 0.05) is 48.5 Å². The lowest BCUT2D eigenvalue weighted by molar-refractivity contribution is -0.122. The van der Waals surface area contributed by atoms with Crippen molar-refractivity contribution in [2.24, 2.45) is 0 Å². The van der Waals surface area contributed by atoms with Crippen molar-refractivity contribution in [1.82, 2.24) is 30.1 Å². The summed E-state index contributed by atoms with van der Waals surface area (Å²) in [4.78, 5) is 29.9. The number of nitrogens with one attached hydrogen (secondary N) is 2. The van der Waals surface area contributed by atoms with Gasteiger partial charge in [-0.25, -0.2) is 9.97 Å². The Morgan fingerprint density at radius 2 is 1.85 bits per heavy atom. The van der Waals surface area contributed by atoms with E-state index in [9.17, 15) is 4.79 Å². The molecule has 1 fully saturated rings. The van der Waals surface area contributed by atoms with E-state index >= 15 is 0 Å². The molecular formula is C31H33N7O2. The summed E-state index contributed by atoms with van der Waals surface area (Å²) >= 11 is 0. The van der Waals surface area contributed by atoms with Gasteiger partial charge in [0.25, 0.3) is 0 Å². The first-order valence-corrected chi connectivity index (χ1v) is 13.3. The molecule has 40 heavy (non-hydrogen) atoms. The number of hydrogen-bond donors (Lipinski definition) is 2. The van der Waals surface area contributed by atoms with Gasteiger partial charge in [-0.05, 0) is 75.0 Å². The third-order valence-electron chi connectivity index (χ3n) is 6.75. The summed E-state index contributed by atoms with van der Waals surface area (Å²) < 4.78 is 6.00. The molecule has 3 heterocycles. The topological polar surface area (TPSA) is 95.5 Å². The van der Waals surface area contributed by atoms with Crippen LogP contribution >= 0.6 is 0 Å². The van der Waals surface area contributed by atoms with Crippen molar-refractivity contribution in [2.75, 3.05) is 51.6 Å². The Balaban J connectivity index is 1.22. The van der Waals surface area contributed by atoms with Crippen LogP contribution in [0.2, 0.25) is 0 Å². The molecule has 0 bridgehead atoms. The van der Waals surface area contributed by atoms with Gasteiger partial charge in [-0.2, -0.15) is 0 Å². The number of carbonyl (C=O) groups is 1. The van der Waals surface area contributed by atoms with E-state index in [0.717, 1.165) is 65.3 Å². The molecule has 1 aliphatic heterocycles. The molecule has 1 aliphatic rings. The molecule has 0 saturated carbocycles. The zero-order valence-electron chi connectivity index (χ0n) is 23.1. The second kappa shape index (κ2) is 12.6. The molecule has 5 rings (SSSR count). The number of ether oxygens (including phenoxy) is 1. The maximum absolute atomic E-state index is 12.3. The van der Waals surface area contributed by atoms with Gasteiger partial charge in [0.1, 0.15) is 23.6 Å². The van der Waals surface area contributed by atoms with Crippen LogP contribution in [0, 0.1) is 25.7 Å². The first kappa shape index (κ1) is 27.1. The number of amides is 1. The van der Waals surface area contributed by atoms with Crippen LogP contribution in [-0.2, 0) is 4.79 Å².